The number of rotatable bonds is 7. The van der Waals surface area contributed by atoms with Crippen LogP contribution in [0.15, 0.2) is 82.9 Å². The van der Waals surface area contributed by atoms with Crippen molar-refractivity contribution in [3.8, 4) is 17.4 Å². The van der Waals surface area contributed by atoms with Gasteiger partial charge in [0.25, 0.3) is 5.88 Å². The van der Waals surface area contributed by atoms with E-state index in [4.69, 9.17) is 18.7 Å². The van der Waals surface area contributed by atoms with Gasteiger partial charge in [0, 0.05) is 24.9 Å². The van der Waals surface area contributed by atoms with Crippen molar-refractivity contribution < 1.29 is 38.5 Å². The average Bonchev–Trinajstić information content (AvgIpc) is 3.75. The molecule has 1 spiro atoms. The monoisotopic (exact) mass is 725 g/mol. The van der Waals surface area contributed by atoms with E-state index in [1.54, 1.807) is 0 Å². The molecule has 0 saturated heterocycles. The zero-order valence-corrected chi connectivity index (χ0v) is 31.1. The van der Waals surface area contributed by atoms with Crippen LogP contribution in [-0.4, -0.2) is 39.6 Å². The number of carbonyl (C=O) groups excluding carboxylic acids is 2. The zero-order valence-electron chi connectivity index (χ0n) is 31.1. The summed E-state index contributed by atoms with van der Waals surface area (Å²) in [6.45, 7) is 9.21. The fourth-order valence-corrected chi connectivity index (χ4v) is 10.3. The standard InChI is InChI=1S/C45H43NO8/c1-24-19-30(52-22-26-14-8-6-9-15-26)34-32-28(21-44(37(24)32)25(2)13-12-18-43(44,3)4)33-36(38(34)47)41(49)45(50)29(39(33)51-5)20-31-35(40(45)48)42(46-54-31)53-23-27-16-10-7-11-17-27/h6-11,13-17,19,29,39,47,50H,12,18,20-23H2,1-5H3/t29-,39-,44+,45-/m1/s1. The first kappa shape index (κ1) is 34.5. The second kappa shape index (κ2) is 12.1. The summed E-state index contributed by atoms with van der Waals surface area (Å²) in [5.74, 6) is -2.61. The SMILES string of the molecule is CO[C@H]1c2c(c(O)c3c(OCc4ccccc4)cc(C)c4c3c2C[C@]42C(C)=CCCC2(C)C)C(=O)[C@]2(O)C(=O)c3c(OCc4ccccc4)noc3C[C@H]12. The summed E-state index contributed by atoms with van der Waals surface area (Å²) in [6, 6.07) is 21.1. The van der Waals surface area contributed by atoms with E-state index in [1.165, 1.54) is 12.7 Å². The number of aryl methyl sites for hydroxylation is 1. The molecule has 9 heteroatoms. The molecule has 5 aromatic rings. The number of aromatic hydroxyl groups is 1. The van der Waals surface area contributed by atoms with E-state index >= 15 is 4.79 Å². The maximum Gasteiger partial charge on any atom is 0.265 e. The largest absolute Gasteiger partial charge is 0.506 e. The van der Waals surface area contributed by atoms with Crippen molar-refractivity contribution in [2.24, 2.45) is 11.3 Å². The number of carbonyl (C=O) groups is 2. The van der Waals surface area contributed by atoms with Crippen LogP contribution in [0.2, 0.25) is 0 Å². The minimum absolute atomic E-state index is 0.0110. The van der Waals surface area contributed by atoms with Gasteiger partial charge >= 0.3 is 0 Å². The fourth-order valence-electron chi connectivity index (χ4n) is 10.3. The minimum Gasteiger partial charge on any atom is -0.506 e. The van der Waals surface area contributed by atoms with Gasteiger partial charge in [-0.15, -0.1) is 0 Å². The Morgan fingerprint density at radius 1 is 0.907 bits per heavy atom. The van der Waals surface area contributed by atoms with E-state index in [2.05, 4.69) is 38.9 Å². The number of allylic oxidation sites excluding steroid dienone is 2. The summed E-state index contributed by atoms with van der Waals surface area (Å²) in [7, 11) is 1.51. The Hall–Kier alpha value is -5.25. The molecule has 0 unspecified atom stereocenters. The predicted octanol–water partition coefficient (Wildman–Crippen LogP) is 8.23. The maximum atomic E-state index is 15.1. The lowest BCUT2D eigenvalue weighted by Gasteiger charge is -2.50. The van der Waals surface area contributed by atoms with Crippen LogP contribution in [0.5, 0.6) is 17.4 Å². The normalized spacial score (nSPS) is 25.0. The van der Waals surface area contributed by atoms with Gasteiger partial charge < -0.3 is 28.9 Å². The van der Waals surface area contributed by atoms with Crippen LogP contribution in [-0.2, 0) is 36.2 Å². The predicted molar refractivity (Wildman–Crippen MR) is 201 cm³/mol. The highest BCUT2D eigenvalue weighted by atomic mass is 16.5. The molecular weight excluding hydrogens is 682 g/mol. The molecule has 4 aromatic carbocycles. The maximum absolute atomic E-state index is 15.1. The zero-order chi connectivity index (χ0) is 37.7. The van der Waals surface area contributed by atoms with Gasteiger partial charge in [0.2, 0.25) is 11.6 Å². The number of ether oxygens (including phenoxy) is 3. The summed E-state index contributed by atoms with van der Waals surface area (Å²) < 4.78 is 24.4. The van der Waals surface area contributed by atoms with Crippen molar-refractivity contribution in [1.29, 1.82) is 0 Å². The van der Waals surface area contributed by atoms with Crippen molar-refractivity contribution in [2.75, 3.05) is 7.11 Å². The average molecular weight is 726 g/mol. The molecule has 4 aliphatic carbocycles. The lowest BCUT2D eigenvalue weighted by atomic mass is 9.53. The molecule has 0 amide bonds. The van der Waals surface area contributed by atoms with Crippen LogP contribution in [0.4, 0.5) is 0 Å². The Morgan fingerprint density at radius 3 is 2.20 bits per heavy atom. The quantitative estimate of drug-likeness (QED) is 0.126. The van der Waals surface area contributed by atoms with E-state index < -0.39 is 34.6 Å². The van der Waals surface area contributed by atoms with E-state index in [9.17, 15) is 15.0 Å². The van der Waals surface area contributed by atoms with Gasteiger partial charge in [0.15, 0.2) is 11.4 Å². The Bertz CT molecular complexity index is 2410. The van der Waals surface area contributed by atoms with Gasteiger partial charge in [-0.05, 0) is 88.5 Å². The van der Waals surface area contributed by atoms with Gasteiger partial charge in [-0.1, -0.05) is 86.2 Å². The van der Waals surface area contributed by atoms with Crippen molar-refractivity contribution in [1.82, 2.24) is 5.16 Å². The lowest BCUT2D eigenvalue weighted by Crippen LogP contribution is -2.60. The highest BCUT2D eigenvalue weighted by Crippen LogP contribution is 2.65. The molecule has 276 valence electrons. The molecule has 2 N–H and O–H groups in total. The Balaban J connectivity index is 1.25. The van der Waals surface area contributed by atoms with Crippen molar-refractivity contribution in [3.05, 3.63) is 129 Å². The van der Waals surface area contributed by atoms with Crippen LogP contribution in [0.25, 0.3) is 10.8 Å². The van der Waals surface area contributed by atoms with Crippen molar-refractivity contribution >= 4 is 22.3 Å². The molecule has 0 aliphatic heterocycles. The highest BCUT2D eigenvalue weighted by Gasteiger charge is 2.65. The number of fused-ring (bicyclic) bond motifs is 5. The summed E-state index contributed by atoms with van der Waals surface area (Å²) in [6.07, 6.45) is 3.81. The van der Waals surface area contributed by atoms with Gasteiger partial charge in [-0.2, -0.15) is 0 Å². The summed E-state index contributed by atoms with van der Waals surface area (Å²) in [5.41, 5.74) is 3.11. The lowest BCUT2D eigenvalue weighted by molar-refractivity contribution is -0.0607. The molecule has 0 bridgehead atoms. The third-order valence-corrected chi connectivity index (χ3v) is 13.0. The number of aliphatic hydroxyl groups is 1. The molecule has 4 aliphatic rings. The number of ketones is 2. The van der Waals surface area contributed by atoms with Gasteiger partial charge in [0.1, 0.15) is 30.3 Å². The number of hydrogen-bond acceptors (Lipinski definition) is 9. The van der Waals surface area contributed by atoms with E-state index in [0.717, 1.165) is 46.0 Å². The summed E-state index contributed by atoms with van der Waals surface area (Å²) >= 11 is 0. The van der Waals surface area contributed by atoms with Gasteiger partial charge in [-0.3, -0.25) is 9.59 Å². The van der Waals surface area contributed by atoms with Gasteiger partial charge in [-0.25, -0.2) is 0 Å². The first-order valence-electron chi connectivity index (χ1n) is 18.6. The van der Waals surface area contributed by atoms with Crippen molar-refractivity contribution in [3.63, 3.8) is 0 Å². The second-order valence-electron chi connectivity index (χ2n) is 16.1. The number of phenols is 1. The molecule has 0 fully saturated rings. The summed E-state index contributed by atoms with van der Waals surface area (Å²) in [4.78, 5) is 29.7. The highest BCUT2D eigenvalue weighted by molar-refractivity contribution is 6.27. The molecule has 4 atom stereocenters. The van der Waals surface area contributed by atoms with E-state index in [-0.39, 0.29) is 53.6 Å². The first-order chi connectivity index (χ1) is 25.9. The molecule has 1 heterocycles. The smallest absolute Gasteiger partial charge is 0.265 e. The Morgan fingerprint density at radius 2 is 1.56 bits per heavy atom. The van der Waals surface area contributed by atoms with E-state index in [1.807, 2.05) is 66.7 Å². The number of phenolic OH excluding ortho intramolecular Hbond substituents is 1. The molecule has 0 radical (unpaired) electrons. The Kier molecular flexibility index (Phi) is 7.75. The molecule has 9 rings (SSSR count). The molecule has 0 saturated carbocycles. The molecule has 54 heavy (non-hydrogen) atoms. The van der Waals surface area contributed by atoms with Gasteiger partial charge in [0.05, 0.1) is 17.1 Å². The Labute approximate surface area is 313 Å². The molecule has 9 nitrogen and oxygen atoms in total. The number of methoxy groups -OCH3 is 1. The minimum atomic E-state index is -2.59. The molecule has 1 aromatic heterocycles. The van der Waals surface area contributed by atoms with Crippen LogP contribution in [0.3, 0.4) is 0 Å². The number of nitrogens with zero attached hydrogens (tertiary/aromatic N) is 1. The third-order valence-electron chi connectivity index (χ3n) is 13.0. The third kappa shape index (κ3) is 4.54. The van der Waals surface area contributed by atoms with Crippen LogP contribution in [0, 0.1) is 18.3 Å². The van der Waals surface area contributed by atoms with Crippen LogP contribution in [0.1, 0.15) is 99.6 Å². The van der Waals surface area contributed by atoms with E-state index in [0.29, 0.717) is 23.1 Å². The molecular formula is C45H43NO8. The van der Waals surface area contributed by atoms with Crippen LogP contribution >= 0.6 is 0 Å². The topological polar surface area (TPSA) is 128 Å². The van der Waals surface area contributed by atoms with Crippen molar-refractivity contribution in [2.45, 2.75) is 83.7 Å². The summed E-state index contributed by atoms with van der Waals surface area (Å²) in [5, 5.41) is 30.5. The first-order valence-corrected chi connectivity index (χ1v) is 18.6. The fraction of sp³-hybridized carbons (Fsp3) is 0.356. The van der Waals surface area contributed by atoms with Crippen LogP contribution < -0.4 is 9.47 Å². The number of benzene rings is 4. The second-order valence-corrected chi connectivity index (χ2v) is 16.1. The number of aromatic nitrogens is 1. The number of hydrogen-bond donors (Lipinski definition) is 2. The number of Topliss-reactive ketones (excluding diaryl/α,β-unsaturated/α-hetero) is 2.